The molecule has 0 saturated carbocycles. The van der Waals surface area contributed by atoms with Crippen molar-refractivity contribution in [3.05, 3.63) is 80.4 Å². The molecule has 0 saturated heterocycles. The van der Waals surface area contributed by atoms with E-state index in [1.54, 1.807) is 38.4 Å². The number of carbonyl (C=O) groups excluding carboxylic acids is 4. The fourth-order valence-corrected chi connectivity index (χ4v) is 6.83. The maximum Gasteiger partial charge on any atom is 2.00 e. The molecule has 14 N–H and O–H groups in total. The number of nitrogens with two attached hydrogens (primary N) is 2. The van der Waals surface area contributed by atoms with Crippen molar-refractivity contribution < 1.29 is 49.2 Å². The molecule has 0 fully saturated rings. The number of aliphatic carboxylic acids is 4. The summed E-state index contributed by atoms with van der Waals surface area (Å²) < 4.78 is 0. The molecule has 4 aromatic rings. The third kappa shape index (κ3) is 14.3. The van der Waals surface area contributed by atoms with Crippen LogP contribution in [0.15, 0.2) is 58.1 Å². The minimum Gasteiger partial charge on any atom is -0.550 e. The van der Waals surface area contributed by atoms with Crippen LogP contribution in [-0.2, 0) is 19.2 Å². The Balaban J connectivity index is 0.000000288. The zero-order valence-corrected chi connectivity index (χ0v) is 38.4. The van der Waals surface area contributed by atoms with E-state index in [0.717, 1.165) is 0 Å². The number of benzene rings is 2. The van der Waals surface area contributed by atoms with Crippen molar-refractivity contribution in [2.45, 2.75) is 49.9 Å². The second kappa shape index (κ2) is 23.7. The van der Waals surface area contributed by atoms with Crippen LogP contribution in [0.4, 0.5) is 46.3 Å². The third-order valence-electron chi connectivity index (χ3n) is 10.5. The van der Waals surface area contributed by atoms with Crippen LogP contribution in [0.25, 0.3) is 0 Å². The topological polar surface area (TPSA) is 411 Å². The van der Waals surface area contributed by atoms with Gasteiger partial charge in [0.15, 0.2) is 11.6 Å². The van der Waals surface area contributed by atoms with Gasteiger partial charge in [0, 0.05) is 74.7 Å². The molecule has 2 aromatic heterocycles. The summed E-state index contributed by atoms with van der Waals surface area (Å²) in [7, 11) is 3.57. The van der Waals surface area contributed by atoms with E-state index in [4.69, 9.17) is 21.7 Å². The smallest absolute Gasteiger partial charge is 0.550 e. The minimum atomic E-state index is -1.39. The Bertz CT molecular complexity index is 2380. The molecule has 352 valence electrons. The number of carboxylic acid groups (broad SMARTS) is 4. The summed E-state index contributed by atoms with van der Waals surface area (Å²) in [4.78, 5) is 109. The molecule has 6 rings (SSSR count). The number of hydrogen-bond donors (Lipinski definition) is 12. The predicted octanol–water partition coefficient (Wildman–Crippen LogP) is -3.57. The van der Waals surface area contributed by atoms with Gasteiger partial charge in [0.25, 0.3) is 22.9 Å². The monoisotopic (exact) mass is 956 g/mol. The fourth-order valence-electron chi connectivity index (χ4n) is 6.83. The Morgan fingerprint density at radius 1 is 0.672 bits per heavy atom. The maximum atomic E-state index is 12.3. The van der Waals surface area contributed by atoms with Gasteiger partial charge in [-0.05, 0) is 74.2 Å². The third-order valence-corrected chi connectivity index (χ3v) is 10.5. The van der Waals surface area contributed by atoms with E-state index >= 15 is 0 Å². The van der Waals surface area contributed by atoms with E-state index in [1.165, 1.54) is 24.3 Å². The van der Waals surface area contributed by atoms with Crippen LogP contribution in [0.5, 0.6) is 0 Å². The van der Waals surface area contributed by atoms with E-state index in [0.29, 0.717) is 60.6 Å². The molecule has 0 bridgehead atoms. The molecule has 26 nitrogen and oxygen atoms in total. The van der Waals surface area contributed by atoms with Crippen molar-refractivity contribution in [1.82, 2.24) is 30.6 Å². The van der Waals surface area contributed by atoms with Crippen molar-refractivity contribution in [2.75, 3.05) is 82.8 Å². The number of carbonyl (C=O) groups is 6. The van der Waals surface area contributed by atoms with E-state index < -0.39 is 60.6 Å². The number of carboxylic acids is 4. The van der Waals surface area contributed by atoms with Crippen LogP contribution in [0.2, 0.25) is 0 Å². The summed E-state index contributed by atoms with van der Waals surface area (Å²) in [5, 5.41) is 56.7. The molecular weight excluding hydrogens is 909 g/mol. The van der Waals surface area contributed by atoms with Crippen LogP contribution >= 0.6 is 0 Å². The number of likely N-dealkylation sites (N-methyl/N-ethyl adjacent to an activating group) is 2. The summed E-state index contributed by atoms with van der Waals surface area (Å²) in [5.74, 6) is -5.79. The first-order chi connectivity index (χ1) is 31.3. The van der Waals surface area contributed by atoms with Gasteiger partial charge in [0.1, 0.15) is 23.5 Å². The fraction of sp³-hybridized carbons (Fsp3) is 0.350. The maximum absolute atomic E-state index is 12.3. The van der Waals surface area contributed by atoms with Crippen molar-refractivity contribution in [1.29, 1.82) is 0 Å². The molecule has 0 aliphatic carbocycles. The number of fused-ring (bicyclic) bond motifs is 2. The number of aromatic nitrogens is 4. The number of hydrogen-bond acceptors (Lipinski definition) is 20. The molecular formula is C40H48CaN14O12. The van der Waals surface area contributed by atoms with Crippen LogP contribution < -0.4 is 74.5 Å². The number of aromatic amines is 2. The van der Waals surface area contributed by atoms with E-state index in [1.807, 2.05) is 9.80 Å². The molecule has 4 atom stereocenters. The summed E-state index contributed by atoms with van der Waals surface area (Å²) >= 11 is 0. The SMILES string of the molecule is CN1c2c(nc(N)[nH]c2=O)NCC1CNc1ccc(C(=O)N[C@H](CCC(=O)[O-])C(=O)O)cc1.CN1c2c(nc(N)[nH]c2=O)NCC1CNc1ccc(C(=O)N[C@H](CCC(=O)[O-])C(=O)O)cc1.[Ca+2]. The largest absolute Gasteiger partial charge is 2.00 e. The molecule has 2 unspecified atom stereocenters. The molecule has 2 amide bonds. The average molecular weight is 957 g/mol. The average Bonchev–Trinajstić information content (AvgIpc) is 3.25. The van der Waals surface area contributed by atoms with E-state index in [9.17, 15) is 48.6 Å². The summed E-state index contributed by atoms with van der Waals surface area (Å²) in [5.41, 5.74) is 13.1. The molecule has 2 aromatic carbocycles. The normalized spacial score (nSPS) is 15.4. The zero-order valence-electron chi connectivity index (χ0n) is 36.2. The Morgan fingerprint density at radius 2 is 1.01 bits per heavy atom. The number of rotatable bonds is 18. The van der Waals surface area contributed by atoms with Gasteiger partial charge in [-0.25, -0.2) is 9.59 Å². The van der Waals surface area contributed by atoms with Crippen LogP contribution in [0.3, 0.4) is 0 Å². The number of nitrogen functional groups attached to an aromatic ring is 2. The van der Waals surface area contributed by atoms with Gasteiger partial charge < -0.3 is 83.2 Å². The van der Waals surface area contributed by atoms with Crippen molar-refractivity contribution in [3.8, 4) is 0 Å². The quantitative estimate of drug-likeness (QED) is 0.0429. The molecule has 67 heavy (non-hydrogen) atoms. The first-order valence-corrected chi connectivity index (χ1v) is 20.2. The van der Waals surface area contributed by atoms with Crippen molar-refractivity contribution in [2.24, 2.45) is 0 Å². The molecule has 0 spiro atoms. The van der Waals surface area contributed by atoms with Gasteiger partial charge in [-0.3, -0.25) is 29.1 Å². The first kappa shape index (κ1) is 52.3. The van der Waals surface area contributed by atoms with Gasteiger partial charge in [-0.2, -0.15) is 9.97 Å². The predicted molar refractivity (Wildman–Crippen MR) is 242 cm³/mol. The second-order valence-corrected chi connectivity index (χ2v) is 15.1. The Kier molecular flexibility index (Phi) is 18.5. The van der Waals surface area contributed by atoms with Crippen LogP contribution in [0, 0.1) is 0 Å². The standard InChI is InChI=1S/2C20H25N7O6.Ca/c2*1-27-12(9-23-16-15(27)18(31)26-20(21)25-16)8-22-11-4-2-10(3-5-11)17(30)24-13(19(32)33)6-7-14(28)29;/h2*2-5,12-13,22H,6-9H2,1H3,(H,24,30)(H,28,29)(H,32,33)(H4,21,23,25,26,31);/q;;+2/p-2/t2*12?,13-;/m11./s1. The summed E-state index contributed by atoms with van der Waals surface area (Å²) in [6.07, 6.45) is -1.52. The minimum absolute atomic E-state index is 0. The number of nitrogens with zero attached hydrogens (tertiary/aromatic N) is 4. The van der Waals surface area contributed by atoms with E-state index in [-0.39, 0.29) is 96.8 Å². The number of nitrogens with one attached hydrogen (secondary N) is 8. The van der Waals surface area contributed by atoms with Gasteiger partial charge in [-0.1, -0.05) is 0 Å². The van der Waals surface area contributed by atoms with Crippen molar-refractivity contribution in [3.63, 3.8) is 0 Å². The first-order valence-electron chi connectivity index (χ1n) is 20.2. The van der Waals surface area contributed by atoms with Crippen LogP contribution in [0.1, 0.15) is 46.4 Å². The summed E-state index contributed by atoms with van der Waals surface area (Å²) in [6, 6.07) is 9.88. The van der Waals surface area contributed by atoms with Gasteiger partial charge >= 0.3 is 49.7 Å². The molecule has 2 aliphatic heterocycles. The Morgan fingerprint density at radius 3 is 1.33 bits per heavy atom. The zero-order chi connectivity index (χ0) is 48.2. The Hall–Kier alpha value is -7.32. The molecule has 27 heteroatoms. The Labute approximate surface area is 410 Å². The van der Waals surface area contributed by atoms with Gasteiger partial charge in [0.2, 0.25) is 11.9 Å². The van der Waals surface area contributed by atoms with Crippen molar-refractivity contribution >= 4 is 120 Å². The van der Waals surface area contributed by atoms with Gasteiger partial charge in [0.05, 0.1) is 12.1 Å². The summed E-state index contributed by atoms with van der Waals surface area (Å²) in [6.45, 7) is 2.00. The van der Waals surface area contributed by atoms with Crippen LogP contribution in [-0.4, -0.2) is 168 Å². The molecule has 2 aliphatic rings. The molecule has 4 heterocycles. The number of anilines is 8. The van der Waals surface area contributed by atoms with Gasteiger partial charge in [-0.15, -0.1) is 0 Å². The van der Waals surface area contributed by atoms with E-state index in [2.05, 4.69) is 51.8 Å². The molecule has 0 radical (unpaired) electrons. The number of H-pyrrole nitrogens is 2. The number of amides is 2. The second-order valence-electron chi connectivity index (χ2n) is 15.1.